The quantitative estimate of drug-likeness (QED) is 0.397. The molecule has 1 aromatic heterocycles. The Morgan fingerprint density at radius 1 is 1.39 bits per heavy atom. The molecule has 0 amide bonds. The number of nitrogens with zero attached hydrogens (tertiary/aromatic N) is 4. The van der Waals surface area contributed by atoms with Gasteiger partial charge in [-0.25, -0.2) is 9.37 Å². The summed E-state index contributed by atoms with van der Waals surface area (Å²) in [5, 5.41) is 3.57. The monoisotopic (exact) mass is 497 g/mol. The van der Waals surface area contributed by atoms with Crippen LogP contribution in [-0.2, 0) is 5.41 Å². The van der Waals surface area contributed by atoms with Crippen LogP contribution in [0.2, 0.25) is 0 Å². The molecule has 152 valence electrons. The van der Waals surface area contributed by atoms with Crippen LogP contribution in [0.3, 0.4) is 0 Å². The molecule has 0 bridgehead atoms. The minimum Gasteiger partial charge on any atom is -0.355 e. The molecule has 1 N–H and O–H groups in total. The smallest absolute Gasteiger partial charge is 0.193 e. The van der Waals surface area contributed by atoms with Crippen LogP contribution in [0.15, 0.2) is 48.0 Å². The highest BCUT2D eigenvalue weighted by Gasteiger charge is 2.44. The van der Waals surface area contributed by atoms with Crippen LogP contribution in [0.5, 0.6) is 0 Å². The Morgan fingerprint density at radius 3 is 2.86 bits per heavy atom. The lowest BCUT2D eigenvalue weighted by Gasteiger charge is -2.39. The maximum absolute atomic E-state index is 13.6. The van der Waals surface area contributed by atoms with Gasteiger partial charge in [0.2, 0.25) is 0 Å². The second kappa shape index (κ2) is 8.80. The zero-order chi connectivity index (χ0) is 18.9. The number of nitrogens with one attached hydrogen (secondary N) is 1. The summed E-state index contributed by atoms with van der Waals surface area (Å²) in [4.78, 5) is 11.1. The van der Waals surface area contributed by atoms with Crippen LogP contribution >= 0.6 is 24.0 Å². The lowest BCUT2D eigenvalue weighted by Crippen LogP contribution is -2.50. The van der Waals surface area contributed by atoms with Gasteiger partial charge in [0.15, 0.2) is 5.96 Å². The SMILES string of the molecule is CN=C(NCC1(c2cccc(F)c2)CC1)N1CCC(C)C(n2ccnc2)C1.I. The first kappa shape index (κ1) is 21.1. The highest BCUT2D eigenvalue weighted by Crippen LogP contribution is 2.47. The summed E-state index contributed by atoms with van der Waals surface area (Å²) in [7, 11) is 1.84. The number of aromatic nitrogens is 2. The largest absolute Gasteiger partial charge is 0.355 e. The molecule has 1 saturated heterocycles. The van der Waals surface area contributed by atoms with Gasteiger partial charge in [-0.1, -0.05) is 19.1 Å². The van der Waals surface area contributed by atoms with E-state index in [-0.39, 0.29) is 35.2 Å². The third-order valence-electron chi connectivity index (χ3n) is 6.21. The van der Waals surface area contributed by atoms with Gasteiger partial charge < -0.3 is 14.8 Å². The topological polar surface area (TPSA) is 45.5 Å². The molecule has 1 aliphatic carbocycles. The summed E-state index contributed by atoms with van der Waals surface area (Å²) in [5.74, 6) is 1.39. The van der Waals surface area contributed by atoms with Crippen molar-refractivity contribution in [2.75, 3.05) is 26.7 Å². The minimum atomic E-state index is -0.156. The predicted octanol–water partition coefficient (Wildman–Crippen LogP) is 3.83. The molecule has 0 spiro atoms. The van der Waals surface area contributed by atoms with Crippen molar-refractivity contribution in [3.63, 3.8) is 0 Å². The summed E-state index contributed by atoms with van der Waals surface area (Å²) >= 11 is 0. The number of imidazole rings is 1. The molecule has 2 heterocycles. The first-order valence-corrected chi connectivity index (χ1v) is 9.80. The fourth-order valence-corrected chi connectivity index (χ4v) is 4.21. The molecular formula is C21H29FIN5. The number of hydrogen-bond donors (Lipinski definition) is 1. The van der Waals surface area contributed by atoms with Gasteiger partial charge in [0.1, 0.15) is 5.82 Å². The number of likely N-dealkylation sites (tertiary alicyclic amines) is 1. The Balaban J connectivity index is 0.00000225. The Morgan fingerprint density at radius 2 is 2.21 bits per heavy atom. The van der Waals surface area contributed by atoms with E-state index in [9.17, 15) is 4.39 Å². The second-order valence-electron chi connectivity index (χ2n) is 7.98. The third kappa shape index (κ3) is 4.34. The van der Waals surface area contributed by atoms with E-state index in [1.165, 1.54) is 6.07 Å². The minimum absolute atomic E-state index is 0. The van der Waals surface area contributed by atoms with Gasteiger partial charge in [0, 0.05) is 44.5 Å². The van der Waals surface area contributed by atoms with Crippen LogP contribution in [0, 0.1) is 11.7 Å². The van der Waals surface area contributed by atoms with Crippen molar-refractivity contribution >= 4 is 29.9 Å². The first-order valence-electron chi connectivity index (χ1n) is 9.80. The number of rotatable bonds is 4. The highest BCUT2D eigenvalue weighted by molar-refractivity contribution is 14.0. The summed E-state index contributed by atoms with van der Waals surface area (Å²) < 4.78 is 15.8. The van der Waals surface area contributed by atoms with Gasteiger partial charge in [-0.3, -0.25) is 4.99 Å². The Kier molecular flexibility index (Phi) is 6.62. The molecule has 0 radical (unpaired) electrons. The number of benzene rings is 1. The highest BCUT2D eigenvalue weighted by atomic mass is 127. The predicted molar refractivity (Wildman–Crippen MR) is 121 cm³/mol. The molecule has 2 aliphatic rings. The van der Waals surface area contributed by atoms with Crippen molar-refractivity contribution in [2.45, 2.75) is 37.6 Å². The van der Waals surface area contributed by atoms with E-state index in [0.717, 1.165) is 50.4 Å². The van der Waals surface area contributed by atoms with Gasteiger partial charge in [0.05, 0.1) is 12.4 Å². The second-order valence-corrected chi connectivity index (χ2v) is 7.98. The van der Waals surface area contributed by atoms with Crippen molar-refractivity contribution in [1.82, 2.24) is 19.8 Å². The van der Waals surface area contributed by atoms with E-state index >= 15 is 0 Å². The zero-order valence-corrected chi connectivity index (χ0v) is 18.8. The average Bonchev–Trinajstić information content (AvgIpc) is 3.27. The molecule has 28 heavy (non-hydrogen) atoms. The Bertz CT molecular complexity index is 803. The van der Waals surface area contributed by atoms with Gasteiger partial charge >= 0.3 is 0 Å². The van der Waals surface area contributed by atoms with Crippen molar-refractivity contribution in [3.8, 4) is 0 Å². The van der Waals surface area contributed by atoms with E-state index < -0.39 is 0 Å². The Labute approximate surface area is 183 Å². The van der Waals surface area contributed by atoms with Crippen LogP contribution in [0.1, 0.15) is 37.8 Å². The molecule has 1 aromatic carbocycles. The molecule has 2 fully saturated rings. The van der Waals surface area contributed by atoms with Crippen molar-refractivity contribution in [3.05, 3.63) is 54.4 Å². The van der Waals surface area contributed by atoms with Crippen molar-refractivity contribution < 1.29 is 4.39 Å². The molecule has 2 atom stereocenters. The summed E-state index contributed by atoms with van der Waals surface area (Å²) in [6.45, 7) is 5.02. The zero-order valence-electron chi connectivity index (χ0n) is 16.5. The maximum Gasteiger partial charge on any atom is 0.193 e. The summed E-state index contributed by atoms with van der Waals surface area (Å²) in [6.07, 6.45) is 9.10. The van der Waals surface area contributed by atoms with E-state index in [2.05, 4.69) is 31.7 Å². The van der Waals surface area contributed by atoms with Crippen LogP contribution in [0.4, 0.5) is 4.39 Å². The van der Waals surface area contributed by atoms with Crippen molar-refractivity contribution in [1.29, 1.82) is 0 Å². The maximum atomic E-state index is 13.6. The molecule has 2 aromatic rings. The fourth-order valence-electron chi connectivity index (χ4n) is 4.21. The first-order chi connectivity index (χ1) is 13.1. The molecule has 5 nitrogen and oxygen atoms in total. The van der Waals surface area contributed by atoms with E-state index in [0.29, 0.717) is 12.0 Å². The van der Waals surface area contributed by atoms with Crippen LogP contribution < -0.4 is 5.32 Å². The molecule has 2 unspecified atom stereocenters. The van der Waals surface area contributed by atoms with Gasteiger partial charge in [-0.05, 0) is 42.9 Å². The molecule has 1 saturated carbocycles. The Hall–Kier alpha value is -1.64. The molecule has 4 rings (SSSR count). The number of piperidine rings is 1. The summed E-state index contributed by atoms with van der Waals surface area (Å²) in [5.41, 5.74) is 1.14. The molecule has 1 aliphatic heterocycles. The average molecular weight is 497 g/mol. The number of guanidine groups is 1. The number of halogens is 2. The number of hydrogen-bond acceptors (Lipinski definition) is 2. The van der Waals surface area contributed by atoms with E-state index in [1.807, 2.05) is 31.8 Å². The van der Waals surface area contributed by atoms with Gasteiger partial charge in [0.25, 0.3) is 0 Å². The molecular weight excluding hydrogens is 468 g/mol. The standard InChI is InChI=1S/C21H28FN5.HI/c1-16-6-10-26(13-19(16)27-11-9-24-15-27)20(23-2)25-14-21(7-8-21)17-4-3-5-18(22)12-17;/h3-5,9,11-12,15-16,19H,6-8,10,13-14H2,1-2H3,(H,23,25);1H. The van der Waals surface area contributed by atoms with E-state index in [1.54, 1.807) is 12.1 Å². The van der Waals surface area contributed by atoms with Gasteiger partial charge in [-0.2, -0.15) is 0 Å². The van der Waals surface area contributed by atoms with Crippen LogP contribution in [0.25, 0.3) is 0 Å². The lowest BCUT2D eigenvalue weighted by atomic mass is 9.93. The summed E-state index contributed by atoms with van der Waals surface area (Å²) in [6, 6.07) is 7.43. The van der Waals surface area contributed by atoms with Gasteiger partial charge in [-0.15, -0.1) is 24.0 Å². The fraction of sp³-hybridized carbons (Fsp3) is 0.524. The van der Waals surface area contributed by atoms with Crippen LogP contribution in [-0.4, -0.2) is 47.1 Å². The lowest BCUT2D eigenvalue weighted by molar-refractivity contribution is 0.189. The normalized spacial score (nSPS) is 23.8. The van der Waals surface area contributed by atoms with E-state index in [4.69, 9.17) is 0 Å². The molecule has 7 heteroatoms. The van der Waals surface area contributed by atoms with Crippen molar-refractivity contribution in [2.24, 2.45) is 10.9 Å². The third-order valence-corrected chi connectivity index (χ3v) is 6.21. The number of aliphatic imine (C=N–C) groups is 1.